The van der Waals surface area contributed by atoms with E-state index in [1.807, 2.05) is 0 Å². The summed E-state index contributed by atoms with van der Waals surface area (Å²) >= 11 is 0. The number of nitrogens with one attached hydrogen (secondary N) is 4. The number of likely N-dealkylation sites (tertiary alicyclic amines) is 1. The molecule has 5 amide bonds. The molecule has 14 nitrogen and oxygen atoms in total. The highest BCUT2D eigenvalue weighted by Crippen LogP contribution is 2.22. The van der Waals surface area contributed by atoms with Crippen molar-refractivity contribution in [3.05, 3.63) is 47.6 Å². The van der Waals surface area contributed by atoms with Gasteiger partial charge in [-0.05, 0) is 58.1 Å². The predicted molar refractivity (Wildman–Crippen MR) is 151 cm³/mol. The van der Waals surface area contributed by atoms with E-state index in [2.05, 4.69) is 31.4 Å². The lowest BCUT2D eigenvalue weighted by Crippen LogP contribution is -2.57. The second-order valence-electron chi connectivity index (χ2n) is 11.2. The zero-order valence-electron chi connectivity index (χ0n) is 24.4. The fourth-order valence-corrected chi connectivity index (χ4v) is 5.31. The summed E-state index contributed by atoms with van der Waals surface area (Å²) in [5.41, 5.74) is 0.698. The van der Waals surface area contributed by atoms with E-state index in [0.717, 1.165) is 0 Å². The average molecular weight is 596 g/mol. The molecule has 14 heteroatoms. The van der Waals surface area contributed by atoms with Gasteiger partial charge in [-0.1, -0.05) is 11.2 Å². The van der Waals surface area contributed by atoms with Gasteiger partial charge in [-0.25, -0.2) is 0 Å². The van der Waals surface area contributed by atoms with Crippen molar-refractivity contribution < 1.29 is 33.3 Å². The van der Waals surface area contributed by atoms with E-state index in [9.17, 15) is 28.8 Å². The predicted octanol–water partition coefficient (Wildman–Crippen LogP) is -0.185. The number of aryl methyl sites for hydroxylation is 1. The first-order valence-electron chi connectivity index (χ1n) is 14.4. The normalized spacial score (nSPS) is 19.4. The highest BCUT2D eigenvalue weighted by Gasteiger charge is 2.41. The van der Waals surface area contributed by atoms with Gasteiger partial charge in [0, 0.05) is 49.9 Å². The third-order valence-corrected chi connectivity index (χ3v) is 7.42. The van der Waals surface area contributed by atoms with Gasteiger partial charge >= 0.3 is 0 Å². The van der Waals surface area contributed by atoms with Crippen molar-refractivity contribution in [3.8, 4) is 0 Å². The summed E-state index contributed by atoms with van der Waals surface area (Å²) in [6, 6.07) is 1.37. The zero-order chi connectivity index (χ0) is 31.1. The first kappa shape index (κ1) is 31.3. The molecule has 0 bridgehead atoms. The zero-order valence-corrected chi connectivity index (χ0v) is 24.4. The molecule has 0 radical (unpaired) electrons. The molecule has 2 saturated heterocycles. The fourth-order valence-electron chi connectivity index (χ4n) is 5.31. The van der Waals surface area contributed by atoms with Crippen molar-refractivity contribution in [1.82, 2.24) is 36.3 Å². The van der Waals surface area contributed by atoms with Crippen LogP contribution in [0.5, 0.6) is 0 Å². The second kappa shape index (κ2) is 14.0. The molecule has 0 aliphatic carbocycles. The van der Waals surface area contributed by atoms with Gasteiger partial charge in [0.2, 0.25) is 23.5 Å². The smallest absolute Gasteiger partial charge is 0.289 e. The number of amides is 5. The molecule has 230 valence electrons. The van der Waals surface area contributed by atoms with E-state index < -0.39 is 53.5 Å². The summed E-state index contributed by atoms with van der Waals surface area (Å²) in [4.78, 5) is 83.8. The Hall–Kier alpha value is -4.62. The van der Waals surface area contributed by atoms with Crippen LogP contribution >= 0.6 is 0 Å². The molecule has 2 aliphatic rings. The molecule has 0 spiro atoms. The molecule has 43 heavy (non-hydrogen) atoms. The van der Waals surface area contributed by atoms with Gasteiger partial charge in [0.1, 0.15) is 17.8 Å². The molecule has 2 aromatic heterocycles. The maximum Gasteiger partial charge on any atom is 0.289 e. The molecular formula is C29H37N7O7. The van der Waals surface area contributed by atoms with E-state index in [4.69, 9.17) is 4.52 Å². The van der Waals surface area contributed by atoms with Crippen molar-refractivity contribution in [2.24, 2.45) is 5.92 Å². The lowest BCUT2D eigenvalue weighted by Gasteiger charge is -2.30. The largest absolute Gasteiger partial charge is 0.361 e. The maximum atomic E-state index is 13.9. The molecule has 4 heterocycles. The minimum atomic E-state index is -1.25. The summed E-state index contributed by atoms with van der Waals surface area (Å²) < 4.78 is 4.99. The monoisotopic (exact) mass is 595 g/mol. The van der Waals surface area contributed by atoms with E-state index in [1.54, 1.807) is 45.3 Å². The molecule has 0 saturated carbocycles. The van der Waals surface area contributed by atoms with Crippen LogP contribution < -0.4 is 21.3 Å². The van der Waals surface area contributed by atoms with Crippen LogP contribution in [0.25, 0.3) is 0 Å². The molecule has 2 aromatic rings. The second-order valence-corrected chi connectivity index (χ2v) is 11.2. The quantitative estimate of drug-likeness (QED) is 0.241. The van der Waals surface area contributed by atoms with Crippen LogP contribution in [0.4, 0.5) is 0 Å². The summed E-state index contributed by atoms with van der Waals surface area (Å²) in [7, 11) is 0. The standard InChI is InChI=1S/C29H37N7O7/c1-16(2)32-28(41)24(37)20(14-19-8-10-31-25(19)38)33-27(40)23-7-5-11-36(23)29(42)22(13-18-6-4-9-30-15-18)34-26(39)21-12-17(3)43-35-21/h4,6,9,12,15-16,19-20,22-23H,5,7-8,10-11,13-14H2,1-3H3,(H,31,38)(H,32,41)(H,33,40)(H,34,39)/t19-,20-,22-,23-/m0/s1. The summed E-state index contributed by atoms with van der Waals surface area (Å²) in [5.74, 6) is -3.80. The summed E-state index contributed by atoms with van der Waals surface area (Å²) in [6.45, 7) is 5.74. The topological polar surface area (TPSA) is 193 Å². The van der Waals surface area contributed by atoms with Gasteiger partial charge in [0.25, 0.3) is 11.8 Å². The third kappa shape index (κ3) is 8.02. The van der Waals surface area contributed by atoms with E-state index in [1.165, 1.54) is 11.0 Å². The van der Waals surface area contributed by atoms with Crippen LogP contribution in [0.1, 0.15) is 61.3 Å². The highest BCUT2D eigenvalue weighted by molar-refractivity contribution is 6.38. The number of hydrogen-bond acceptors (Lipinski definition) is 9. The minimum absolute atomic E-state index is 0.00850. The molecule has 4 rings (SSSR count). The number of rotatable bonds is 12. The lowest BCUT2D eigenvalue weighted by molar-refractivity contribution is -0.143. The van der Waals surface area contributed by atoms with Gasteiger partial charge < -0.3 is 30.7 Å². The van der Waals surface area contributed by atoms with Gasteiger partial charge in [-0.3, -0.25) is 33.8 Å². The van der Waals surface area contributed by atoms with Crippen molar-refractivity contribution >= 4 is 35.3 Å². The van der Waals surface area contributed by atoms with Crippen molar-refractivity contribution in [2.45, 2.75) is 77.0 Å². The van der Waals surface area contributed by atoms with E-state index in [0.29, 0.717) is 37.1 Å². The minimum Gasteiger partial charge on any atom is -0.361 e. The van der Waals surface area contributed by atoms with E-state index >= 15 is 0 Å². The Bertz CT molecular complexity index is 1360. The Morgan fingerprint density at radius 3 is 2.53 bits per heavy atom. The molecule has 2 fully saturated rings. The van der Waals surface area contributed by atoms with Gasteiger partial charge in [-0.2, -0.15) is 0 Å². The Balaban J connectivity index is 1.52. The van der Waals surface area contributed by atoms with Crippen LogP contribution in [0.15, 0.2) is 35.1 Å². The number of Topliss-reactive ketones (excluding diaryl/α,β-unsaturated/α-hetero) is 1. The number of pyridine rings is 1. The van der Waals surface area contributed by atoms with Crippen LogP contribution in [-0.4, -0.2) is 87.6 Å². The van der Waals surface area contributed by atoms with Crippen LogP contribution in [-0.2, 0) is 30.4 Å². The van der Waals surface area contributed by atoms with E-state index in [-0.39, 0.29) is 37.0 Å². The number of hydrogen-bond donors (Lipinski definition) is 4. The number of ketones is 1. The fraction of sp³-hybridized carbons (Fsp3) is 0.517. The summed E-state index contributed by atoms with van der Waals surface area (Å²) in [5, 5.41) is 14.3. The van der Waals surface area contributed by atoms with Crippen molar-refractivity contribution in [3.63, 3.8) is 0 Å². The van der Waals surface area contributed by atoms with Crippen LogP contribution in [0.3, 0.4) is 0 Å². The van der Waals surface area contributed by atoms with Gasteiger partial charge in [-0.15, -0.1) is 0 Å². The molecule has 4 N–H and O–H groups in total. The lowest BCUT2D eigenvalue weighted by atomic mass is 9.95. The molecule has 0 aromatic carbocycles. The number of nitrogens with zero attached hydrogens (tertiary/aromatic N) is 3. The van der Waals surface area contributed by atoms with Crippen molar-refractivity contribution in [2.75, 3.05) is 13.1 Å². The first-order chi connectivity index (χ1) is 20.5. The Labute approximate surface area is 248 Å². The van der Waals surface area contributed by atoms with Crippen LogP contribution in [0.2, 0.25) is 0 Å². The highest BCUT2D eigenvalue weighted by atomic mass is 16.5. The Morgan fingerprint density at radius 1 is 1.12 bits per heavy atom. The Morgan fingerprint density at radius 2 is 1.91 bits per heavy atom. The molecule has 4 atom stereocenters. The maximum absolute atomic E-state index is 13.9. The molecular weight excluding hydrogens is 558 g/mol. The van der Waals surface area contributed by atoms with Gasteiger partial charge in [0.15, 0.2) is 5.69 Å². The van der Waals surface area contributed by atoms with Gasteiger partial charge in [0.05, 0.1) is 6.04 Å². The average Bonchev–Trinajstić information content (AvgIpc) is 3.73. The number of aromatic nitrogens is 2. The first-order valence-corrected chi connectivity index (χ1v) is 14.4. The third-order valence-electron chi connectivity index (χ3n) is 7.42. The number of carbonyl (C=O) groups is 6. The SMILES string of the molecule is Cc1cc(C(=O)N[C@@H](Cc2cccnc2)C(=O)N2CCC[C@H]2C(=O)N[C@@H](C[C@@H]2CCNC2=O)C(=O)C(=O)NC(C)C)no1. The molecule has 2 aliphatic heterocycles. The van der Waals surface area contributed by atoms with Crippen LogP contribution in [0, 0.1) is 12.8 Å². The molecule has 0 unspecified atom stereocenters. The Kier molecular flexibility index (Phi) is 10.2. The van der Waals surface area contributed by atoms with Crippen molar-refractivity contribution in [1.29, 1.82) is 0 Å². The summed E-state index contributed by atoms with van der Waals surface area (Å²) in [6.07, 6.45) is 4.53. The number of carbonyl (C=O) groups excluding carboxylic acids is 6.